The molecule has 8 heterocycles. The first-order chi connectivity index (χ1) is 37.8. The van der Waals surface area contributed by atoms with Crippen LogP contribution in [-0.4, -0.2) is 109 Å². The number of aryl methyl sites for hydroxylation is 2. The maximum atomic E-state index is 14.6. The van der Waals surface area contributed by atoms with E-state index in [1.165, 1.54) is 19.1 Å². The van der Waals surface area contributed by atoms with Crippen molar-refractivity contribution >= 4 is 53.7 Å². The van der Waals surface area contributed by atoms with Crippen LogP contribution in [0.5, 0.6) is 0 Å². The summed E-state index contributed by atoms with van der Waals surface area (Å²) >= 11 is 0. The van der Waals surface area contributed by atoms with E-state index >= 15 is 0 Å². The Morgan fingerprint density at radius 1 is 0.610 bits per heavy atom. The third-order valence-corrected chi connectivity index (χ3v) is 15.4. The quantitative estimate of drug-likeness (QED) is 0.0746. The Balaban J connectivity index is 0.000000257. The molecule has 0 bridgehead atoms. The van der Waals surface area contributed by atoms with Gasteiger partial charge in [0.25, 0.3) is 31.9 Å². The second-order valence-corrected chi connectivity index (χ2v) is 22.1. The Hall–Kier alpha value is -6.48. The number of sulfonamides is 1. The van der Waals surface area contributed by atoms with Gasteiger partial charge in [0.1, 0.15) is 41.1 Å². The molecule has 0 saturated carbocycles. The summed E-state index contributed by atoms with van der Waals surface area (Å²) in [7, 11) is -3.45. The summed E-state index contributed by atoms with van der Waals surface area (Å²) in [6.07, 6.45) is -12.7. The topological polar surface area (TPSA) is 221 Å². The highest BCUT2D eigenvalue weighted by Crippen LogP contribution is 2.36. The third-order valence-electron chi connectivity index (χ3n) is 12.3. The van der Waals surface area contributed by atoms with Crippen LogP contribution in [0.25, 0.3) is 22.3 Å². The lowest BCUT2D eigenvalue weighted by Gasteiger charge is -2.26. The number of pyridine rings is 4. The van der Waals surface area contributed by atoms with Gasteiger partial charge in [0.15, 0.2) is 15.8 Å². The molecular weight excluding hydrogens is 1210 g/mol. The smallest absolute Gasteiger partial charge is 0.302 e. The number of hydrogen-bond acceptors (Lipinski definition) is 15. The Labute approximate surface area is 467 Å². The van der Waals surface area contributed by atoms with E-state index in [0.717, 1.165) is 67.6 Å². The number of rotatable bonds is 15. The first-order valence-corrected chi connectivity index (χ1v) is 27.1. The second-order valence-electron chi connectivity index (χ2n) is 17.8. The molecule has 6 aromatic rings. The van der Waals surface area contributed by atoms with Gasteiger partial charge in [0, 0.05) is 102 Å². The molecule has 6 atom stereocenters. The highest BCUT2D eigenvalue weighted by atomic mass is 35.7. The summed E-state index contributed by atoms with van der Waals surface area (Å²) in [5.74, 6) is -5.19. The molecule has 0 aliphatic carbocycles. The summed E-state index contributed by atoms with van der Waals surface area (Å²) in [6, 6.07) is 2.35. The van der Waals surface area contributed by atoms with Gasteiger partial charge in [-0.2, -0.15) is 30.6 Å². The average molecular weight is 1260 g/mol. The summed E-state index contributed by atoms with van der Waals surface area (Å²) < 4.78 is 232. The van der Waals surface area contributed by atoms with Crippen molar-refractivity contribution in [3.63, 3.8) is 0 Å². The summed E-state index contributed by atoms with van der Waals surface area (Å²) in [6.45, 7) is 2.87. The zero-order valence-electron chi connectivity index (χ0n) is 41.8. The number of carbonyl (C=O) groups excluding carboxylic acids is 2. The molecule has 0 amide bonds. The first-order valence-electron chi connectivity index (χ1n) is 23.4. The van der Waals surface area contributed by atoms with Crippen LogP contribution in [0, 0.1) is 11.6 Å². The molecular formula is C48H42Cl2F14N10O6S2. The SMILES string of the molecule is C[C@@H]1N[C@H](C(=O)CCc2cc(-c3cnc(C(F)(F)F)nc3)cnc2C(F)F)C[C@H]1F.C[C@H]1[C@H](F)C[C@@H](C(=O)CCc2cc(-c3cnc(C(F)(F)F)nc3)cnc2C(F)F)N1S(=O)(=O)c1ccc(F)cn1.Cl.O=S(=O)(Cl)c1ccc(F)cn1. The Bertz CT molecular complexity index is 3390. The van der Waals surface area contributed by atoms with E-state index in [-0.39, 0.29) is 82.3 Å². The van der Waals surface area contributed by atoms with E-state index in [1.54, 1.807) is 6.92 Å². The van der Waals surface area contributed by atoms with Crippen LogP contribution in [-0.2, 0) is 53.9 Å². The summed E-state index contributed by atoms with van der Waals surface area (Å²) in [4.78, 5) is 52.6. The van der Waals surface area contributed by atoms with Crippen molar-refractivity contribution < 1.29 is 87.9 Å². The monoisotopic (exact) mass is 1250 g/mol. The van der Waals surface area contributed by atoms with Gasteiger partial charge in [0.2, 0.25) is 11.6 Å². The van der Waals surface area contributed by atoms with Crippen LogP contribution >= 0.6 is 23.1 Å². The number of ketones is 2. The minimum Gasteiger partial charge on any atom is -0.302 e. The predicted octanol–water partition coefficient (Wildman–Crippen LogP) is 10.4. The molecule has 0 spiro atoms. The predicted molar refractivity (Wildman–Crippen MR) is 263 cm³/mol. The lowest BCUT2D eigenvalue weighted by molar-refractivity contribution is -0.145. The maximum absolute atomic E-state index is 14.6. The Morgan fingerprint density at radius 3 is 1.39 bits per heavy atom. The van der Waals surface area contributed by atoms with Crippen LogP contribution < -0.4 is 5.32 Å². The number of Topliss-reactive ketones (excluding diaryl/α,β-unsaturated/α-hetero) is 2. The molecule has 1 N–H and O–H groups in total. The van der Waals surface area contributed by atoms with E-state index in [2.05, 4.69) is 45.2 Å². The van der Waals surface area contributed by atoms with Crippen molar-refractivity contribution in [3.05, 3.63) is 132 Å². The summed E-state index contributed by atoms with van der Waals surface area (Å²) in [5.41, 5.74) is -0.699. The lowest BCUT2D eigenvalue weighted by Crippen LogP contribution is -2.45. The van der Waals surface area contributed by atoms with Gasteiger partial charge in [-0.3, -0.25) is 19.6 Å². The number of aromatic nitrogens is 8. The van der Waals surface area contributed by atoms with Gasteiger partial charge < -0.3 is 5.32 Å². The molecule has 82 heavy (non-hydrogen) atoms. The van der Waals surface area contributed by atoms with Gasteiger partial charge in [-0.25, -0.2) is 81.9 Å². The Morgan fingerprint density at radius 2 is 1.02 bits per heavy atom. The number of nitrogens with one attached hydrogen (secondary N) is 1. The average Bonchev–Trinajstić information content (AvgIpc) is 3.90. The van der Waals surface area contributed by atoms with Crippen molar-refractivity contribution in [2.24, 2.45) is 0 Å². The van der Waals surface area contributed by atoms with Crippen molar-refractivity contribution in [2.75, 3.05) is 0 Å². The molecule has 8 rings (SSSR count). The number of hydrogen-bond donors (Lipinski definition) is 1. The van der Waals surface area contributed by atoms with Crippen LogP contribution in [0.3, 0.4) is 0 Å². The van der Waals surface area contributed by atoms with Crippen LogP contribution in [0.15, 0.2) is 96.0 Å². The second kappa shape index (κ2) is 27.3. The van der Waals surface area contributed by atoms with Crippen LogP contribution in [0.4, 0.5) is 61.5 Å². The molecule has 16 nitrogen and oxygen atoms in total. The van der Waals surface area contributed by atoms with E-state index in [0.29, 0.717) is 10.5 Å². The first kappa shape index (κ1) is 66.3. The minimum atomic E-state index is -4.79. The molecule has 2 fully saturated rings. The highest BCUT2D eigenvalue weighted by molar-refractivity contribution is 8.13. The minimum absolute atomic E-state index is 0. The fourth-order valence-corrected chi connectivity index (χ4v) is 10.6. The number of nitrogens with zero attached hydrogens (tertiary/aromatic N) is 9. The van der Waals surface area contributed by atoms with Gasteiger partial charge in [-0.15, -0.1) is 12.4 Å². The van der Waals surface area contributed by atoms with Crippen molar-refractivity contribution in [1.82, 2.24) is 49.5 Å². The van der Waals surface area contributed by atoms with Gasteiger partial charge in [-0.05, 0) is 74.2 Å². The van der Waals surface area contributed by atoms with E-state index in [1.807, 2.05) is 0 Å². The summed E-state index contributed by atoms with van der Waals surface area (Å²) in [5, 5.41) is 1.89. The molecule has 0 unspecified atom stereocenters. The number of alkyl halides is 12. The molecule has 0 radical (unpaired) electrons. The molecule has 6 aromatic heterocycles. The van der Waals surface area contributed by atoms with Gasteiger partial charge >= 0.3 is 12.4 Å². The molecule has 2 aliphatic rings. The lowest BCUT2D eigenvalue weighted by atomic mass is 9.99. The van der Waals surface area contributed by atoms with Crippen molar-refractivity contribution in [3.8, 4) is 22.3 Å². The molecule has 2 aliphatic heterocycles. The Kier molecular flexibility index (Phi) is 22.1. The van der Waals surface area contributed by atoms with E-state index < -0.39 is 139 Å². The van der Waals surface area contributed by atoms with Crippen molar-refractivity contribution in [1.29, 1.82) is 0 Å². The molecule has 2 saturated heterocycles. The third kappa shape index (κ3) is 16.8. The molecule has 444 valence electrons. The van der Waals surface area contributed by atoms with E-state index in [4.69, 9.17) is 10.7 Å². The zero-order chi connectivity index (χ0) is 59.9. The fraction of sp³-hybridized carbons (Fsp3) is 0.375. The normalized spacial score (nSPS) is 19.5. The maximum Gasteiger partial charge on any atom is 0.451 e. The standard InChI is InChI=1S/C24H20F7N5O3S.C19H18F6N4O.C5H3ClFNO2S.ClH/c1-12-17(26)7-18(36(12)40(38,39)20-5-3-16(25)11-32-20)19(37)4-2-13-6-14(8-33-21(13)22(27)28)15-9-34-23(35-10-15)24(29,30)31;1-9-13(20)5-14(29-9)15(30)3-2-10-4-11(6-26-16(10)17(21)22)12-7-27-18(28-8-12)19(23,24)25;6-11(9,10)5-2-1-4(7)3-8-5;/h3,5-6,8-12,17-18,22H,2,4,7H2,1H3;4,6-9,13-14,17,29H,2-3,5H2,1H3;1-3H;1H/t12-,17+,18-;9-,13+,14-;;/m00../s1. The van der Waals surface area contributed by atoms with Crippen LogP contribution in [0.1, 0.15) is 86.5 Å². The van der Waals surface area contributed by atoms with Crippen molar-refractivity contribution in [2.45, 2.75) is 124 Å². The van der Waals surface area contributed by atoms with E-state index in [9.17, 15) is 87.9 Å². The largest absolute Gasteiger partial charge is 0.451 e. The van der Waals surface area contributed by atoms with Crippen LogP contribution in [0.2, 0.25) is 0 Å². The van der Waals surface area contributed by atoms with Gasteiger partial charge in [0.05, 0.1) is 30.5 Å². The molecule has 0 aromatic carbocycles. The zero-order valence-corrected chi connectivity index (χ0v) is 45.0. The number of carbonyl (C=O) groups is 2. The highest BCUT2D eigenvalue weighted by Gasteiger charge is 2.49. The molecule has 34 heteroatoms. The fourth-order valence-electron chi connectivity index (χ4n) is 8.14. The van der Waals surface area contributed by atoms with Gasteiger partial charge in [-0.1, -0.05) is 0 Å². The number of halogens is 16.